The maximum absolute atomic E-state index is 12.1. The molecule has 110 valence electrons. The Hall–Kier alpha value is -1.27. The molecular weight excluding hydrogens is 302 g/mol. The zero-order chi connectivity index (χ0) is 14.8. The third-order valence-electron chi connectivity index (χ3n) is 3.33. The number of halogens is 1. The number of hydrogen-bond donors (Lipinski definition) is 1. The second-order valence-corrected chi connectivity index (χ2v) is 7.52. The molecule has 1 aliphatic rings. The van der Waals surface area contributed by atoms with Crippen LogP contribution in [-0.4, -0.2) is 38.5 Å². The zero-order valence-corrected chi connectivity index (χ0v) is 12.6. The van der Waals surface area contributed by atoms with Crippen LogP contribution in [0.15, 0.2) is 24.3 Å². The number of hydrogen-bond acceptors (Lipinski definition) is 5. The molecule has 20 heavy (non-hydrogen) atoms. The highest BCUT2D eigenvalue weighted by Crippen LogP contribution is 2.29. The van der Waals surface area contributed by atoms with Crippen molar-refractivity contribution in [3.8, 4) is 0 Å². The summed E-state index contributed by atoms with van der Waals surface area (Å²) in [4.78, 5) is 12.1. The standard InChI is InChI=1S/C13H16ClNO4S/c1-19-12(16)13(7-2-8-20(17,18)9-13)15-11-5-3-10(14)4-6-11/h3-6,15H,2,7-9H2,1H3. The number of benzene rings is 1. The summed E-state index contributed by atoms with van der Waals surface area (Å²) in [6.45, 7) is 0. The lowest BCUT2D eigenvalue weighted by molar-refractivity contribution is -0.145. The summed E-state index contributed by atoms with van der Waals surface area (Å²) in [6.07, 6.45) is 0.847. The van der Waals surface area contributed by atoms with E-state index < -0.39 is 21.3 Å². The molecule has 5 nitrogen and oxygen atoms in total. The minimum absolute atomic E-state index is 0.105. The molecule has 0 spiro atoms. The van der Waals surface area contributed by atoms with E-state index in [1.165, 1.54) is 7.11 Å². The Kier molecular flexibility index (Phi) is 4.25. The molecule has 1 aromatic rings. The Morgan fingerprint density at radius 3 is 2.55 bits per heavy atom. The zero-order valence-electron chi connectivity index (χ0n) is 11.1. The fourth-order valence-corrected chi connectivity index (χ4v) is 4.37. The van der Waals surface area contributed by atoms with Crippen molar-refractivity contribution in [3.05, 3.63) is 29.3 Å². The van der Waals surface area contributed by atoms with Gasteiger partial charge in [0.1, 0.15) is 5.54 Å². The first-order chi connectivity index (χ1) is 9.37. The fourth-order valence-electron chi connectivity index (χ4n) is 2.43. The molecule has 0 saturated carbocycles. The van der Waals surface area contributed by atoms with E-state index in [-0.39, 0.29) is 11.5 Å². The summed E-state index contributed by atoms with van der Waals surface area (Å²) in [6, 6.07) is 6.75. The van der Waals surface area contributed by atoms with Gasteiger partial charge >= 0.3 is 5.97 Å². The quantitative estimate of drug-likeness (QED) is 0.862. The molecule has 1 aromatic carbocycles. The predicted octanol–water partition coefficient (Wildman–Crippen LogP) is 1.87. The molecule has 7 heteroatoms. The number of carbonyl (C=O) groups is 1. The number of anilines is 1. The Bertz CT molecular complexity index is 599. The molecule has 0 bridgehead atoms. The van der Waals surface area contributed by atoms with E-state index in [2.05, 4.69) is 5.32 Å². The fraction of sp³-hybridized carbons (Fsp3) is 0.462. The second kappa shape index (κ2) is 5.61. The molecular formula is C13H16ClNO4S. The molecule has 1 saturated heterocycles. The van der Waals surface area contributed by atoms with Crippen LogP contribution in [0.2, 0.25) is 5.02 Å². The van der Waals surface area contributed by atoms with E-state index in [0.717, 1.165) is 0 Å². The van der Waals surface area contributed by atoms with Crippen molar-refractivity contribution in [2.75, 3.05) is 23.9 Å². The summed E-state index contributed by atoms with van der Waals surface area (Å²) < 4.78 is 28.5. The number of sulfone groups is 1. The van der Waals surface area contributed by atoms with E-state index in [1.807, 2.05) is 0 Å². The monoisotopic (exact) mass is 317 g/mol. The molecule has 1 heterocycles. The van der Waals surface area contributed by atoms with Crippen LogP contribution >= 0.6 is 11.6 Å². The minimum Gasteiger partial charge on any atom is -0.467 e. The first-order valence-electron chi connectivity index (χ1n) is 6.19. The number of rotatable bonds is 3. The number of methoxy groups -OCH3 is 1. The van der Waals surface area contributed by atoms with Gasteiger partial charge in [0.2, 0.25) is 0 Å². The third-order valence-corrected chi connectivity index (χ3v) is 5.42. The third kappa shape index (κ3) is 3.24. The van der Waals surface area contributed by atoms with Crippen LogP contribution in [0.25, 0.3) is 0 Å². The maximum atomic E-state index is 12.1. The van der Waals surface area contributed by atoms with Crippen molar-refractivity contribution in [2.24, 2.45) is 0 Å². The molecule has 0 aromatic heterocycles. The van der Waals surface area contributed by atoms with E-state index in [1.54, 1.807) is 24.3 Å². The first-order valence-corrected chi connectivity index (χ1v) is 8.39. The molecule has 1 unspecified atom stereocenters. The Labute approximate surface area is 123 Å². The lowest BCUT2D eigenvalue weighted by atomic mass is 9.95. The van der Waals surface area contributed by atoms with Gasteiger partial charge in [-0.2, -0.15) is 0 Å². The van der Waals surface area contributed by atoms with Gasteiger partial charge in [0.25, 0.3) is 0 Å². The van der Waals surface area contributed by atoms with Crippen molar-refractivity contribution in [2.45, 2.75) is 18.4 Å². The predicted molar refractivity (Wildman–Crippen MR) is 77.7 cm³/mol. The molecule has 2 rings (SSSR count). The highest BCUT2D eigenvalue weighted by Gasteiger charge is 2.46. The molecule has 1 aliphatic heterocycles. The normalized spacial score (nSPS) is 24.9. The molecule has 0 aliphatic carbocycles. The second-order valence-electron chi connectivity index (χ2n) is 4.90. The van der Waals surface area contributed by atoms with Crippen LogP contribution < -0.4 is 5.32 Å². The average molecular weight is 318 g/mol. The first kappa shape index (κ1) is 15.1. The van der Waals surface area contributed by atoms with Gasteiger partial charge < -0.3 is 10.1 Å². The smallest absolute Gasteiger partial charge is 0.332 e. The van der Waals surface area contributed by atoms with Gasteiger partial charge in [-0.15, -0.1) is 0 Å². The van der Waals surface area contributed by atoms with Gasteiger partial charge in [-0.3, -0.25) is 0 Å². The van der Waals surface area contributed by atoms with Gasteiger partial charge in [0.15, 0.2) is 9.84 Å². The Morgan fingerprint density at radius 2 is 2.00 bits per heavy atom. The van der Waals surface area contributed by atoms with Gasteiger partial charge in [0.05, 0.1) is 18.6 Å². The highest BCUT2D eigenvalue weighted by molar-refractivity contribution is 7.91. The van der Waals surface area contributed by atoms with Gasteiger partial charge in [-0.05, 0) is 37.1 Å². The van der Waals surface area contributed by atoms with Crippen molar-refractivity contribution in [3.63, 3.8) is 0 Å². The van der Waals surface area contributed by atoms with Crippen molar-refractivity contribution in [1.29, 1.82) is 0 Å². The summed E-state index contributed by atoms with van der Waals surface area (Å²) in [5.41, 5.74) is -0.587. The van der Waals surface area contributed by atoms with Crippen LogP contribution in [0.1, 0.15) is 12.8 Å². The van der Waals surface area contributed by atoms with Crippen molar-refractivity contribution in [1.82, 2.24) is 0 Å². The topological polar surface area (TPSA) is 72.5 Å². The highest BCUT2D eigenvalue weighted by atomic mass is 35.5. The summed E-state index contributed by atoms with van der Waals surface area (Å²) in [5, 5.41) is 3.58. The molecule has 1 atom stereocenters. The van der Waals surface area contributed by atoms with Gasteiger partial charge in [0, 0.05) is 10.7 Å². The summed E-state index contributed by atoms with van der Waals surface area (Å²) in [5.74, 6) is -0.709. The van der Waals surface area contributed by atoms with Crippen molar-refractivity contribution < 1.29 is 17.9 Å². The van der Waals surface area contributed by atoms with Crippen LogP contribution in [0, 0.1) is 0 Å². The average Bonchev–Trinajstić information content (AvgIpc) is 2.39. The minimum atomic E-state index is -3.26. The lowest BCUT2D eigenvalue weighted by Crippen LogP contribution is -2.55. The lowest BCUT2D eigenvalue weighted by Gasteiger charge is -2.35. The molecule has 1 fully saturated rings. The van der Waals surface area contributed by atoms with E-state index in [9.17, 15) is 13.2 Å². The van der Waals surface area contributed by atoms with Gasteiger partial charge in [-0.1, -0.05) is 11.6 Å². The molecule has 0 radical (unpaired) electrons. The van der Waals surface area contributed by atoms with E-state index in [4.69, 9.17) is 16.3 Å². The summed E-state index contributed by atoms with van der Waals surface area (Å²) >= 11 is 5.81. The van der Waals surface area contributed by atoms with Gasteiger partial charge in [-0.25, -0.2) is 13.2 Å². The van der Waals surface area contributed by atoms with Crippen molar-refractivity contribution >= 4 is 33.1 Å². The van der Waals surface area contributed by atoms with E-state index in [0.29, 0.717) is 23.6 Å². The van der Waals surface area contributed by atoms with Crippen LogP contribution in [-0.2, 0) is 19.4 Å². The Balaban J connectivity index is 2.32. The largest absolute Gasteiger partial charge is 0.467 e. The molecule has 0 amide bonds. The number of esters is 1. The summed E-state index contributed by atoms with van der Waals surface area (Å²) in [7, 11) is -2.00. The number of carbonyl (C=O) groups excluding carboxylic acids is 1. The van der Waals surface area contributed by atoms with E-state index >= 15 is 0 Å². The molecule has 1 N–H and O–H groups in total. The number of nitrogens with one attached hydrogen (secondary N) is 1. The number of ether oxygens (including phenoxy) is 1. The maximum Gasteiger partial charge on any atom is 0.332 e. The van der Waals surface area contributed by atoms with Crippen LogP contribution in [0.4, 0.5) is 5.69 Å². The Morgan fingerprint density at radius 1 is 1.35 bits per heavy atom. The SMILES string of the molecule is COC(=O)C1(Nc2ccc(Cl)cc2)CCCS(=O)(=O)C1. The van der Waals surface area contributed by atoms with Crippen LogP contribution in [0.5, 0.6) is 0 Å². The van der Waals surface area contributed by atoms with Crippen LogP contribution in [0.3, 0.4) is 0 Å².